The van der Waals surface area contributed by atoms with Gasteiger partial charge in [0.25, 0.3) is 6.43 Å². The molecule has 0 aliphatic rings. The van der Waals surface area contributed by atoms with E-state index in [2.05, 4.69) is 4.98 Å². The van der Waals surface area contributed by atoms with E-state index in [0.717, 1.165) is 22.6 Å². The molecule has 0 N–H and O–H groups in total. The molecule has 0 spiro atoms. The zero-order valence-corrected chi connectivity index (χ0v) is 8.91. The maximum atomic E-state index is 12.8. The molecule has 1 nitrogen and oxygen atoms in total. The highest BCUT2D eigenvalue weighted by Gasteiger charge is 2.36. The van der Waals surface area contributed by atoms with Gasteiger partial charge < -0.3 is 0 Å². The van der Waals surface area contributed by atoms with Gasteiger partial charge in [0.15, 0.2) is 0 Å². The summed E-state index contributed by atoms with van der Waals surface area (Å²) in [5.41, 5.74) is -2.66. The second-order valence-electron chi connectivity index (χ2n) is 2.50. The van der Waals surface area contributed by atoms with Gasteiger partial charge in [-0.1, -0.05) is 0 Å². The van der Waals surface area contributed by atoms with Crippen molar-refractivity contribution >= 4 is 22.6 Å². The van der Waals surface area contributed by atoms with Crippen LogP contribution in [0, 0.1) is 9.52 Å². The molecule has 0 amide bonds. The highest BCUT2D eigenvalue weighted by atomic mass is 127. The Morgan fingerprint density at radius 1 is 1.27 bits per heavy atom. The molecule has 0 aromatic carbocycles. The van der Waals surface area contributed by atoms with Gasteiger partial charge in [-0.15, -0.1) is 0 Å². The summed E-state index contributed by atoms with van der Waals surface area (Å²) in [6.45, 7) is 0. The predicted molar refractivity (Wildman–Crippen MR) is 46.9 cm³/mol. The van der Waals surface area contributed by atoms with Gasteiger partial charge in [0.2, 0.25) is 5.95 Å². The highest BCUT2D eigenvalue weighted by Crippen LogP contribution is 2.35. The zero-order chi connectivity index (χ0) is 11.8. The Balaban J connectivity index is 3.38. The number of hydrogen-bond donors (Lipinski definition) is 0. The van der Waals surface area contributed by atoms with E-state index in [9.17, 15) is 26.3 Å². The van der Waals surface area contributed by atoms with E-state index < -0.39 is 33.4 Å². The molecule has 0 saturated heterocycles. The van der Waals surface area contributed by atoms with Gasteiger partial charge >= 0.3 is 6.18 Å². The molecular weight excluding hydrogens is 339 g/mol. The van der Waals surface area contributed by atoms with Crippen molar-refractivity contribution in [2.75, 3.05) is 0 Å². The summed E-state index contributed by atoms with van der Waals surface area (Å²) in [6, 6.07) is 0.148. The van der Waals surface area contributed by atoms with Crippen molar-refractivity contribution in [2.45, 2.75) is 12.6 Å². The van der Waals surface area contributed by atoms with Crippen molar-refractivity contribution in [2.24, 2.45) is 0 Å². The fourth-order valence-electron chi connectivity index (χ4n) is 0.835. The van der Waals surface area contributed by atoms with Crippen molar-refractivity contribution in [3.8, 4) is 0 Å². The molecule has 1 aromatic heterocycles. The molecule has 1 aromatic rings. The van der Waals surface area contributed by atoms with Gasteiger partial charge in [0, 0.05) is 0 Å². The second kappa shape index (κ2) is 4.14. The maximum Gasteiger partial charge on any atom is 0.417 e. The minimum atomic E-state index is -4.87. The summed E-state index contributed by atoms with van der Waals surface area (Å²) in [5, 5.41) is 0. The number of hydrogen-bond acceptors (Lipinski definition) is 1. The summed E-state index contributed by atoms with van der Waals surface area (Å²) in [6.07, 6.45) is -8.11. The number of halogens is 7. The van der Waals surface area contributed by atoms with Crippen molar-refractivity contribution in [3.63, 3.8) is 0 Å². The van der Waals surface area contributed by atoms with E-state index >= 15 is 0 Å². The standard InChI is InChI=1S/C7H2F6IN/c8-5(9)3-1-2(7(11,12)13)4(14)6(10)15-3/h1,5H. The average Bonchev–Trinajstić information content (AvgIpc) is 2.06. The van der Waals surface area contributed by atoms with Gasteiger partial charge in [-0.25, -0.2) is 13.8 Å². The Labute approximate surface area is 93.6 Å². The lowest BCUT2D eigenvalue weighted by molar-refractivity contribution is -0.138. The largest absolute Gasteiger partial charge is 0.417 e. The summed E-state index contributed by atoms with van der Waals surface area (Å²) < 4.78 is 72.7. The number of pyridine rings is 1. The predicted octanol–water partition coefficient (Wildman–Crippen LogP) is 3.78. The quantitative estimate of drug-likeness (QED) is 0.430. The fraction of sp³-hybridized carbons (Fsp3) is 0.286. The molecule has 0 saturated carbocycles. The first kappa shape index (κ1) is 12.5. The average molecular weight is 341 g/mol. The van der Waals surface area contributed by atoms with Crippen LogP contribution in [0.15, 0.2) is 6.07 Å². The van der Waals surface area contributed by atoms with E-state index in [4.69, 9.17) is 0 Å². The Morgan fingerprint density at radius 3 is 2.20 bits per heavy atom. The molecule has 0 bridgehead atoms. The molecule has 0 radical (unpaired) electrons. The molecule has 84 valence electrons. The van der Waals surface area contributed by atoms with E-state index in [1.165, 1.54) is 0 Å². The van der Waals surface area contributed by atoms with Crippen molar-refractivity contribution in [3.05, 3.63) is 26.8 Å². The van der Waals surface area contributed by atoms with E-state index in [0.29, 0.717) is 0 Å². The van der Waals surface area contributed by atoms with Crippen molar-refractivity contribution < 1.29 is 26.3 Å². The first-order valence-electron chi connectivity index (χ1n) is 3.44. The molecular formula is C7H2F6IN. The van der Waals surface area contributed by atoms with Crippen molar-refractivity contribution in [1.29, 1.82) is 0 Å². The van der Waals surface area contributed by atoms with Gasteiger partial charge in [-0.2, -0.15) is 17.6 Å². The number of aromatic nitrogens is 1. The maximum absolute atomic E-state index is 12.8. The zero-order valence-electron chi connectivity index (χ0n) is 6.75. The SMILES string of the molecule is Fc1nc(C(F)F)cc(C(F)(F)F)c1I. The minimum Gasteiger partial charge on any atom is -0.218 e. The molecule has 0 atom stereocenters. The summed E-state index contributed by atoms with van der Waals surface area (Å²) in [7, 11) is 0. The first-order valence-corrected chi connectivity index (χ1v) is 4.52. The Bertz CT molecular complexity index is 374. The van der Waals surface area contributed by atoms with Gasteiger partial charge in [-0.05, 0) is 28.7 Å². The molecule has 15 heavy (non-hydrogen) atoms. The van der Waals surface area contributed by atoms with E-state index in [1.807, 2.05) is 0 Å². The van der Waals surface area contributed by atoms with Gasteiger partial charge in [0.05, 0.1) is 9.13 Å². The lowest BCUT2D eigenvalue weighted by atomic mass is 10.2. The lowest BCUT2D eigenvalue weighted by Gasteiger charge is -2.10. The van der Waals surface area contributed by atoms with Crippen LogP contribution in [-0.4, -0.2) is 4.98 Å². The monoisotopic (exact) mass is 341 g/mol. The van der Waals surface area contributed by atoms with Crippen LogP contribution in [0.4, 0.5) is 26.3 Å². The summed E-state index contributed by atoms with van der Waals surface area (Å²) >= 11 is 1.07. The lowest BCUT2D eigenvalue weighted by Crippen LogP contribution is -2.12. The van der Waals surface area contributed by atoms with E-state index in [-0.39, 0.29) is 6.07 Å². The smallest absolute Gasteiger partial charge is 0.218 e. The molecule has 0 aliphatic carbocycles. The third-order valence-electron chi connectivity index (χ3n) is 1.47. The van der Waals surface area contributed by atoms with Crippen molar-refractivity contribution in [1.82, 2.24) is 4.98 Å². The molecule has 1 heterocycles. The van der Waals surface area contributed by atoms with Crippen LogP contribution in [0.2, 0.25) is 0 Å². The fourth-order valence-corrected chi connectivity index (χ4v) is 1.42. The van der Waals surface area contributed by atoms with Crippen LogP contribution in [-0.2, 0) is 6.18 Å². The third kappa shape index (κ3) is 2.73. The van der Waals surface area contributed by atoms with Crippen LogP contribution in [0.5, 0.6) is 0 Å². The van der Waals surface area contributed by atoms with Gasteiger partial charge in [-0.3, -0.25) is 0 Å². The topological polar surface area (TPSA) is 12.9 Å². The highest BCUT2D eigenvalue weighted by molar-refractivity contribution is 14.1. The van der Waals surface area contributed by atoms with Crippen LogP contribution in [0.3, 0.4) is 0 Å². The Hall–Kier alpha value is -0.540. The number of alkyl halides is 5. The molecule has 0 aliphatic heterocycles. The second-order valence-corrected chi connectivity index (χ2v) is 3.58. The summed E-state index contributed by atoms with van der Waals surface area (Å²) in [4.78, 5) is 2.72. The van der Waals surface area contributed by atoms with Crippen LogP contribution in [0.1, 0.15) is 17.7 Å². The first-order chi connectivity index (χ1) is 6.73. The van der Waals surface area contributed by atoms with E-state index in [1.54, 1.807) is 0 Å². The van der Waals surface area contributed by atoms with Gasteiger partial charge in [0.1, 0.15) is 5.69 Å². The van der Waals surface area contributed by atoms with Crippen LogP contribution < -0.4 is 0 Å². The molecule has 8 heteroatoms. The van der Waals surface area contributed by atoms with Crippen LogP contribution >= 0.6 is 22.6 Å². The Morgan fingerprint density at radius 2 is 1.80 bits per heavy atom. The molecule has 1 rings (SSSR count). The number of nitrogens with zero attached hydrogens (tertiary/aromatic N) is 1. The Kier molecular flexibility index (Phi) is 3.46. The molecule has 0 unspecified atom stereocenters. The molecule has 0 fully saturated rings. The minimum absolute atomic E-state index is 0.148. The summed E-state index contributed by atoms with van der Waals surface area (Å²) in [5.74, 6) is -1.54. The normalized spacial score (nSPS) is 12.3. The third-order valence-corrected chi connectivity index (χ3v) is 2.49. The van der Waals surface area contributed by atoms with Crippen LogP contribution in [0.25, 0.3) is 0 Å². The number of rotatable bonds is 1.